The number of nitrogens with zero attached hydrogens (tertiary/aromatic N) is 5. The van der Waals surface area contributed by atoms with Crippen LogP contribution in [-0.2, 0) is 27.6 Å². The van der Waals surface area contributed by atoms with Crippen molar-refractivity contribution in [3.63, 3.8) is 0 Å². The number of anilines is 1. The van der Waals surface area contributed by atoms with Gasteiger partial charge in [-0.15, -0.1) is 0 Å². The van der Waals surface area contributed by atoms with E-state index in [1.54, 1.807) is 4.31 Å². The van der Waals surface area contributed by atoms with Crippen molar-refractivity contribution >= 4 is 16.0 Å². The Bertz CT molecular complexity index is 1130. The zero-order chi connectivity index (χ0) is 21.9. The molecule has 10 heteroatoms. The molecule has 1 unspecified atom stereocenters. The molecule has 0 radical (unpaired) electrons. The van der Waals surface area contributed by atoms with Gasteiger partial charge in [0.25, 0.3) is 0 Å². The Hall–Kier alpha value is -2.04. The molecule has 9 nitrogen and oxygen atoms in total. The third-order valence-electron chi connectivity index (χ3n) is 7.22. The first-order valence-corrected chi connectivity index (χ1v) is 13.6. The molecule has 2 aliphatic heterocycles. The number of aryl methyl sites for hydroxylation is 2. The number of hydrogen-bond acceptors (Lipinski definition) is 7. The standard InChI is InChI=1S/C22H30N6O3S/c1-32(29,30)27-9-6-16(7-10-27)24-22-23-12-15-4-5-18-19(20(15)25-22)21(14-2-3-14)28(26-18)17-8-11-31-13-17/h12,14,16-17H,2-11,13H2,1H3,(H,23,24,25). The van der Waals surface area contributed by atoms with Crippen LogP contribution in [0, 0.1) is 0 Å². The van der Waals surface area contributed by atoms with Crippen LogP contribution in [-0.4, -0.2) is 71.1 Å². The normalized spacial score (nSPS) is 24.3. The van der Waals surface area contributed by atoms with Crippen molar-refractivity contribution in [2.75, 3.05) is 37.9 Å². The molecular weight excluding hydrogens is 428 g/mol. The minimum Gasteiger partial charge on any atom is -0.379 e. The van der Waals surface area contributed by atoms with Gasteiger partial charge in [-0.2, -0.15) is 5.10 Å². The minimum absolute atomic E-state index is 0.176. The molecular formula is C22H30N6O3S. The number of piperidine rings is 1. The number of aromatic nitrogens is 4. The van der Waals surface area contributed by atoms with Gasteiger partial charge in [-0.3, -0.25) is 4.68 Å². The number of ether oxygens (including phenoxy) is 1. The van der Waals surface area contributed by atoms with Gasteiger partial charge in [0.1, 0.15) is 0 Å². The Kier molecular flexibility index (Phi) is 5.00. The molecule has 2 aliphatic carbocycles. The van der Waals surface area contributed by atoms with Gasteiger partial charge in [0.2, 0.25) is 16.0 Å². The van der Waals surface area contributed by atoms with Gasteiger partial charge in [0.15, 0.2) is 0 Å². The first-order valence-electron chi connectivity index (χ1n) is 11.7. The van der Waals surface area contributed by atoms with Crippen LogP contribution in [0.25, 0.3) is 11.3 Å². The van der Waals surface area contributed by atoms with Gasteiger partial charge in [-0.05, 0) is 50.5 Å². The van der Waals surface area contributed by atoms with Crippen molar-refractivity contribution in [3.05, 3.63) is 23.1 Å². The molecule has 32 heavy (non-hydrogen) atoms. The predicted molar refractivity (Wildman–Crippen MR) is 120 cm³/mol. The monoisotopic (exact) mass is 458 g/mol. The molecule has 1 saturated carbocycles. The lowest BCUT2D eigenvalue weighted by Gasteiger charge is -2.30. The zero-order valence-electron chi connectivity index (χ0n) is 18.5. The summed E-state index contributed by atoms with van der Waals surface area (Å²) in [5.41, 5.74) is 5.97. The van der Waals surface area contributed by atoms with E-state index in [1.165, 1.54) is 35.9 Å². The van der Waals surface area contributed by atoms with Crippen LogP contribution >= 0.6 is 0 Å². The Morgan fingerprint density at radius 3 is 2.62 bits per heavy atom. The maximum atomic E-state index is 11.8. The summed E-state index contributed by atoms with van der Waals surface area (Å²) in [6, 6.07) is 0.509. The summed E-state index contributed by atoms with van der Waals surface area (Å²) in [6.07, 6.45) is 10.1. The van der Waals surface area contributed by atoms with E-state index in [0.29, 0.717) is 31.0 Å². The molecule has 4 heterocycles. The Labute approximate surface area is 188 Å². The van der Waals surface area contributed by atoms with Gasteiger partial charge in [-0.25, -0.2) is 22.7 Å². The molecule has 172 valence electrons. The molecule has 0 spiro atoms. The van der Waals surface area contributed by atoms with Gasteiger partial charge in [-0.1, -0.05) is 0 Å². The second-order valence-corrected chi connectivity index (χ2v) is 11.6. The molecule has 0 aromatic carbocycles. The molecule has 1 N–H and O–H groups in total. The lowest BCUT2D eigenvalue weighted by Crippen LogP contribution is -2.42. The molecule has 3 fully saturated rings. The summed E-state index contributed by atoms with van der Waals surface area (Å²) in [7, 11) is -3.12. The molecule has 1 atom stereocenters. The molecule has 4 aliphatic rings. The fraction of sp³-hybridized carbons (Fsp3) is 0.682. The van der Waals surface area contributed by atoms with E-state index >= 15 is 0 Å². The number of sulfonamides is 1. The number of nitrogens with one attached hydrogen (secondary N) is 1. The SMILES string of the molecule is CS(=O)(=O)N1CCC(Nc2ncc3c(n2)-c2c(nn(C4CCOC4)c2C2CC2)CC3)CC1. The second kappa shape index (κ2) is 7.78. The van der Waals surface area contributed by atoms with Gasteiger partial charge in [0.05, 0.1) is 36.0 Å². The first-order chi connectivity index (χ1) is 15.5. The van der Waals surface area contributed by atoms with Crippen LogP contribution in [0.15, 0.2) is 6.20 Å². The van der Waals surface area contributed by atoms with E-state index in [4.69, 9.17) is 14.8 Å². The predicted octanol–water partition coefficient (Wildman–Crippen LogP) is 2.11. The van der Waals surface area contributed by atoms with Crippen molar-refractivity contribution in [1.29, 1.82) is 0 Å². The summed E-state index contributed by atoms with van der Waals surface area (Å²) in [5, 5.41) is 8.53. The van der Waals surface area contributed by atoms with Crippen LogP contribution in [0.1, 0.15) is 61.0 Å². The van der Waals surface area contributed by atoms with Crippen molar-refractivity contribution in [1.82, 2.24) is 24.1 Å². The molecule has 0 amide bonds. The maximum absolute atomic E-state index is 11.8. The van der Waals surface area contributed by atoms with Gasteiger partial charge in [0, 0.05) is 43.4 Å². The van der Waals surface area contributed by atoms with Crippen molar-refractivity contribution < 1.29 is 13.2 Å². The van der Waals surface area contributed by atoms with Crippen LogP contribution < -0.4 is 5.32 Å². The third kappa shape index (κ3) is 3.72. The fourth-order valence-electron chi connectivity index (χ4n) is 5.31. The van der Waals surface area contributed by atoms with Gasteiger partial charge < -0.3 is 10.1 Å². The lowest BCUT2D eigenvalue weighted by atomic mass is 9.92. The summed E-state index contributed by atoms with van der Waals surface area (Å²) < 4.78 is 33.0. The van der Waals surface area contributed by atoms with E-state index in [0.717, 1.165) is 56.7 Å². The summed E-state index contributed by atoms with van der Waals surface area (Å²) in [6.45, 7) is 2.63. The molecule has 0 bridgehead atoms. The highest BCUT2D eigenvalue weighted by molar-refractivity contribution is 7.88. The van der Waals surface area contributed by atoms with Crippen molar-refractivity contribution in [2.24, 2.45) is 0 Å². The largest absolute Gasteiger partial charge is 0.379 e. The summed E-state index contributed by atoms with van der Waals surface area (Å²) >= 11 is 0. The van der Waals surface area contributed by atoms with Crippen LogP contribution in [0.2, 0.25) is 0 Å². The Morgan fingerprint density at radius 2 is 1.94 bits per heavy atom. The Morgan fingerprint density at radius 1 is 1.12 bits per heavy atom. The van der Waals surface area contributed by atoms with Crippen molar-refractivity contribution in [3.8, 4) is 11.3 Å². The highest BCUT2D eigenvalue weighted by atomic mass is 32.2. The highest BCUT2D eigenvalue weighted by Gasteiger charge is 2.38. The Balaban J connectivity index is 1.29. The van der Waals surface area contributed by atoms with E-state index in [9.17, 15) is 8.42 Å². The maximum Gasteiger partial charge on any atom is 0.223 e. The minimum atomic E-state index is -3.12. The molecule has 2 saturated heterocycles. The molecule has 2 aromatic heterocycles. The number of hydrogen-bond donors (Lipinski definition) is 1. The number of rotatable bonds is 5. The smallest absolute Gasteiger partial charge is 0.223 e. The lowest BCUT2D eigenvalue weighted by molar-refractivity contribution is 0.184. The molecule has 6 rings (SSSR count). The van der Waals surface area contributed by atoms with E-state index in [1.807, 2.05) is 6.20 Å². The average Bonchev–Trinajstić information content (AvgIpc) is 3.31. The first kappa shape index (κ1) is 20.6. The summed E-state index contributed by atoms with van der Waals surface area (Å²) in [5.74, 6) is 1.21. The topological polar surface area (TPSA) is 102 Å². The van der Waals surface area contributed by atoms with Crippen molar-refractivity contribution in [2.45, 2.75) is 62.9 Å². The van der Waals surface area contributed by atoms with E-state index < -0.39 is 10.0 Å². The second-order valence-electron chi connectivity index (χ2n) is 9.59. The fourth-order valence-corrected chi connectivity index (χ4v) is 6.19. The quantitative estimate of drug-likeness (QED) is 0.732. The third-order valence-corrected chi connectivity index (χ3v) is 8.53. The van der Waals surface area contributed by atoms with Gasteiger partial charge >= 0.3 is 0 Å². The van der Waals surface area contributed by atoms with E-state index in [2.05, 4.69) is 15.0 Å². The highest BCUT2D eigenvalue weighted by Crippen LogP contribution is 2.48. The van der Waals surface area contributed by atoms with Crippen LogP contribution in [0.4, 0.5) is 5.95 Å². The average molecular weight is 459 g/mol. The number of fused-ring (bicyclic) bond motifs is 3. The van der Waals surface area contributed by atoms with Crippen LogP contribution in [0.5, 0.6) is 0 Å². The summed E-state index contributed by atoms with van der Waals surface area (Å²) in [4.78, 5) is 9.59. The zero-order valence-corrected chi connectivity index (χ0v) is 19.3. The van der Waals surface area contributed by atoms with Crippen LogP contribution in [0.3, 0.4) is 0 Å². The van der Waals surface area contributed by atoms with E-state index in [-0.39, 0.29) is 6.04 Å². The molecule has 2 aromatic rings.